The number of hydrogen-bond donors (Lipinski definition) is 1. The fourth-order valence-electron chi connectivity index (χ4n) is 4.43. The number of hydrogen-bond acceptors (Lipinski definition) is 4. The topological polar surface area (TPSA) is 44.8 Å². The maximum atomic E-state index is 12.5. The highest BCUT2D eigenvalue weighted by atomic mass is 16.5. The highest BCUT2D eigenvalue weighted by Crippen LogP contribution is 2.21. The maximum Gasteiger partial charge on any atom is 0.251 e. The highest BCUT2D eigenvalue weighted by Gasteiger charge is 2.18. The molecule has 0 spiro atoms. The Morgan fingerprint density at radius 3 is 2.35 bits per heavy atom. The number of carbonyl (C=O) groups is 1. The molecule has 1 N–H and O–H groups in total. The summed E-state index contributed by atoms with van der Waals surface area (Å²) in [6.07, 6.45) is 0.738. The molecule has 1 aliphatic heterocycles. The van der Waals surface area contributed by atoms with Crippen molar-refractivity contribution in [1.82, 2.24) is 10.2 Å². The molecular formula is C29H35N3O2. The molecule has 1 amide bonds. The minimum absolute atomic E-state index is 0.0385. The second-order valence-electron chi connectivity index (χ2n) is 9.05. The molecule has 0 radical (unpaired) electrons. The van der Waals surface area contributed by atoms with Crippen LogP contribution in [-0.2, 0) is 13.0 Å². The van der Waals surface area contributed by atoms with Crippen LogP contribution in [0.4, 0.5) is 5.69 Å². The zero-order valence-corrected chi connectivity index (χ0v) is 20.5. The molecule has 1 saturated heterocycles. The van der Waals surface area contributed by atoms with E-state index in [1.807, 2.05) is 36.4 Å². The lowest BCUT2D eigenvalue weighted by Crippen LogP contribution is -2.46. The first kappa shape index (κ1) is 23.8. The van der Waals surface area contributed by atoms with Crippen LogP contribution in [0.15, 0.2) is 66.7 Å². The standard InChI is InChI=1S/C29H35N3O2/c1-22-8-13-27(20-23(22)2)32-18-16-31(17-19-32)21-24-9-11-26(12-10-24)29(33)30-15-14-25-6-4-5-7-28(25)34-3/h4-13,20H,14-19,21H2,1-3H3,(H,30,33). The number of benzene rings is 3. The maximum absolute atomic E-state index is 12.5. The molecule has 0 unspecified atom stereocenters. The lowest BCUT2D eigenvalue weighted by atomic mass is 10.1. The smallest absolute Gasteiger partial charge is 0.251 e. The van der Waals surface area contributed by atoms with E-state index in [0.29, 0.717) is 12.1 Å². The van der Waals surface area contributed by atoms with Crippen LogP contribution >= 0.6 is 0 Å². The van der Waals surface area contributed by atoms with Crippen LogP contribution in [0.2, 0.25) is 0 Å². The summed E-state index contributed by atoms with van der Waals surface area (Å²) in [6.45, 7) is 9.98. The summed E-state index contributed by atoms with van der Waals surface area (Å²) in [5.41, 5.74) is 7.05. The number of methoxy groups -OCH3 is 1. The van der Waals surface area contributed by atoms with E-state index >= 15 is 0 Å². The van der Waals surface area contributed by atoms with Crippen LogP contribution in [0, 0.1) is 13.8 Å². The molecule has 34 heavy (non-hydrogen) atoms. The van der Waals surface area contributed by atoms with Gasteiger partial charge in [0.05, 0.1) is 7.11 Å². The van der Waals surface area contributed by atoms with Crippen molar-refractivity contribution in [2.45, 2.75) is 26.8 Å². The van der Waals surface area contributed by atoms with Crippen molar-refractivity contribution in [1.29, 1.82) is 0 Å². The minimum Gasteiger partial charge on any atom is -0.496 e. The Hall–Kier alpha value is -3.31. The van der Waals surface area contributed by atoms with Crippen molar-refractivity contribution in [3.8, 4) is 5.75 Å². The lowest BCUT2D eigenvalue weighted by molar-refractivity contribution is 0.0954. The number of nitrogens with one attached hydrogen (secondary N) is 1. The molecule has 5 heteroatoms. The molecule has 0 atom stereocenters. The molecule has 1 heterocycles. The average Bonchev–Trinajstić information content (AvgIpc) is 2.87. The molecule has 3 aromatic rings. The number of aryl methyl sites for hydroxylation is 2. The largest absolute Gasteiger partial charge is 0.496 e. The Bertz CT molecular complexity index is 1100. The molecule has 0 saturated carbocycles. The van der Waals surface area contributed by atoms with Crippen LogP contribution < -0.4 is 15.0 Å². The van der Waals surface area contributed by atoms with Crippen molar-refractivity contribution >= 4 is 11.6 Å². The molecule has 0 aromatic heterocycles. The Labute approximate surface area is 203 Å². The van der Waals surface area contributed by atoms with Gasteiger partial charge in [-0.25, -0.2) is 0 Å². The van der Waals surface area contributed by atoms with Gasteiger partial charge in [0.1, 0.15) is 5.75 Å². The van der Waals surface area contributed by atoms with Crippen molar-refractivity contribution in [3.63, 3.8) is 0 Å². The third-order valence-electron chi connectivity index (χ3n) is 6.72. The number of ether oxygens (including phenoxy) is 1. The van der Waals surface area contributed by atoms with Crippen molar-refractivity contribution in [3.05, 3.63) is 94.5 Å². The van der Waals surface area contributed by atoms with Gasteiger partial charge in [-0.15, -0.1) is 0 Å². The highest BCUT2D eigenvalue weighted by molar-refractivity contribution is 5.94. The van der Waals surface area contributed by atoms with Gasteiger partial charge < -0.3 is 15.0 Å². The summed E-state index contributed by atoms with van der Waals surface area (Å²) in [5, 5.41) is 3.02. The summed E-state index contributed by atoms with van der Waals surface area (Å²) in [4.78, 5) is 17.5. The van der Waals surface area contributed by atoms with Crippen LogP contribution in [0.5, 0.6) is 5.75 Å². The van der Waals surface area contributed by atoms with Crippen molar-refractivity contribution in [2.75, 3.05) is 44.7 Å². The summed E-state index contributed by atoms with van der Waals surface area (Å²) >= 11 is 0. The van der Waals surface area contributed by atoms with Gasteiger partial charge >= 0.3 is 0 Å². The first-order valence-corrected chi connectivity index (χ1v) is 12.1. The molecule has 0 bridgehead atoms. The molecule has 5 nitrogen and oxygen atoms in total. The Kier molecular flexibility index (Phi) is 7.86. The fourth-order valence-corrected chi connectivity index (χ4v) is 4.43. The lowest BCUT2D eigenvalue weighted by Gasteiger charge is -2.36. The van der Waals surface area contributed by atoms with Gasteiger partial charge in [-0.2, -0.15) is 0 Å². The first-order chi connectivity index (χ1) is 16.5. The van der Waals surface area contributed by atoms with Crippen LogP contribution in [0.3, 0.4) is 0 Å². The summed E-state index contributed by atoms with van der Waals surface area (Å²) in [7, 11) is 1.67. The van der Waals surface area contributed by atoms with E-state index in [1.54, 1.807) is 7.11 Å². The predicted molar refractivity (Wildman–Crippen MR) is 139 cm³/mol. The minimum atomic E-state index is -0.0385. The number of nitrogens with zero attached hydrogens (tertiary/aromatic N) is 2. The number of anilines is 1. The van der Waals surface area contributed by atoms with E-state index in [-0.39, 0.29) is 5.91 Å². The first-order valence-electron chi connectivity index (χ1n) is 12.1. The second-order valence-corrected chi connectivity index (χ2v) is 9.05. The third kappa shape index (κ3) is 5.97. The zero-order chi connectivity index (χ0) is 23.9. The van der Waals surface area contributed by atoms with Crippen LogP contribution in [0.25, 0.3) is 0 Å². The summed E-state index contributed by atoms with van der Waals surface area (Å²) < 4.78 is 5.38. The van der Waals surface area contributed by atoms with E-state index < -0.39 is 0 Å². The molecule has 3 aromatic carbocycles. The predicted octanol–water partition coefficient (Wildman–Crippen LogP) is 4.61. The normalized spacial score (nSPS) is 14.1. The molecule has 1 aliphatic rings. The number of carbonyl (C=O) groups excluding carboxylic acids is 1. The third-order valence-corrected chi connectivity index (χ3v) is 6.72. The van der Waals surface area contributed by atoms with Crippen molar-refractivity contribution < 1.29 is 9.53 Å². The SMILES string of the molecule is COc1ccccc1CCNC(=O)c1ccc(CN2CCN(c3ccc(C)c(C)c3)CC2)cc1. The van der Waals surface area contributed by atoms with Gasteiger partial charge in [-0.05, 0) is 72.9 Å². The van der Waals surface area contributed by atoms with E-state index in [1.165, 1.54) is 22.4 Å². The van der Waals surface area contributed by atoms with E-state index in [2.05, 4.69) is 59.3 Å². The number of rotatable bonds is 8. The Morgan fingerprint density at radius 1 is 0.912 bits per heavy atom. The second kappa shape index (κ2) is 11.2. The average molecular weight is 458 g/mol. The zero-order valence-electron chi connectivity index (χ0n) is 20.5. The van der Waals surface area contributed by atoms with Gasteiger partial charge in [-0.1, -0.05) is 36.4 Å². The van der Waals surface area contributed by atoms with E-state index in [4.69, 9.17) is 4.74 Å². The number of piperazine rings is 1. The van der Waals surface area contributed by atoms with Gasteiger partial charge in [0, 0.05) is 50.5 Å². The number of amides is 1. The quantitative estimate of drug-likeness (QED) is 0.537. The van der Waals surface area contributed by atoms with Gasteiger partial charge in [-0.3, -0.25) is 9.69 Å². The van der Waals surface area contributed by atoms with Crippen LogP contribution in [0.1, 0.15) is 32.6 Å². The van der Waals surface area contributed by atoms with E-state index in [9.17, 15) is 4.79 Å². The van der Waals surface area contributed by atoms with Crippen LogP contribution in [-0.4, -0.2) is 50.6 Å². The molecule has 178 valence electrons. The molecule has 4 rings (SSSR count). The molecule has 1 fully saturated rings. The summed E-state index contributed by atoms with van der Waals surface area (Å²) in [6, 6.07) is 22.7. The fraction of sp³-hybridized carbons (Fsp3) is 0.345. The van der Waals surface area contributed by atoms with E-state index in [0.717, 1.165) is 50.5 Å². The monoisotopic (exact) mass is 457 g/mol. The van der Waals surface area contributed by atoms with Gasteiger partial charge in [0.25, 0.3) is 5.91 Å². The van der Waals surface area contributed by atoms with Gasteiger partial charge in [0.2, 0.25) is 0 Å². The molecular weight excluding hydrogens is 422 g/mol. The molecule has 0 aliphatic carbocycles. The summed E-state index contributed by atoms with van der Waals surface area (Å²) in [5.74, 6) is 0.819. The van der Waals surface area contributed by atoms with Crippen molar-refractivity contribution in [2.24, 2.45) is 0 Å². The van der Waals surface area contributed by atoms with Gasteiger partial charge in [0.15, 0.2) is 0 Å². The number of para-hydroxylation sites is 1. The Balaban J connectivity index is 1.23. The Morgan fingerprint density at radius 2 is 1.65 bits per heavy atom.